The van der Waals surface area contributed by atoms with Crippen molar-refractivity contribution >= 4 is 33.0 Å². The Morgan fingerprint density at radius 3 is 2.37 bits per heavy atom. The first kappa shape index (κ1) is 14.1. The first-order chi connectivity index (χ1) is 9.15. The van der Waals surface area contributed by atoms with Gasteiger partial charge in [0.05, 0.1) is 14.2 Å². The highest BCUT2D eigenvalue weighted by atomic mass is 79.9. The first-order valence-electron chi connectivity index (χ1n) is 5.62. The maximum Gasteiger partial charge on any atom is 0.175 e. The van der Waals surface area contributed by atoms with Crippen LogP contribution in [-0.4, -0.2) is 20.0 Å². The van der Waals surface area contributed by atoms with Crippen molar-refractivity contribution < 1.29 is 14.3 Å². The summed E-state index contributed by atoms with van der Waals surface area (Å²) in [5.41, 5.74) is 0.497. The van der Waals surface area contributed by atoms with Gasteiger partial charge in [-0.05, 0) is 34.1 Å². The second kappa shape index (κ2) is 6.21. The van der Waals surface area contributed by atoms with Crippen LogP contribution >= 0.6 is 27.3 Å². The molecule has 0 bridgehead atoms. The van der Waals surface area contributed by atoms with Gasteiger partial charge in [0, 0.05) is 21.2 Å². The lowest BCUT2D eigenvalue weighted by Gasteiger charge is -2.11. The van der Waals surface area contributed by atoms with E-state index in [1.165, 1.54) is 0 Å². The van der Waals surface area contributed by atoms with Crippen molar-refractivity contribution in [2.45, 2.75) is 6.42 Å². The van der Waals surface area contributed by atoms with Crippen LogP contribution in [0, 0.1) is 0 Å². The quantitative estimate of drug-likeness (QED) is 0.773. The number of methoxy groups -OCH3 is 2. The molecule has 0 saturated carbocycles. The summed E-state index contributed by atoms with van der Waals surface area (Å²) in [6.07, 6.45) is 0.340. The fourth-order valence-corrected chi connectivity index (χ4v) is 3.27. The molecular formula is C14H13BrO3S. The predicted octanol–water partition coefficient (Wildman–Crippen LogP) is 3.95. The Balaban J connectivity index is 2.32. The fourth-order valence-electron chi connectivity index (χ4n) is 1.82. The average molecular weight is 341 g/mol. The van der Waals surface area contributed by atoms with Crippen LogP contribution in [0.4, 0.5) is 0 Å². The zero-order valence-electron chi connectivity index (χ0n) is 10.6. The third-order valence-corrected chi connectivity index (χ3v) is 4.36. The van der Waals surface area contributed by atoms with Crippen LogP contribution < -0.4 is 9.47 Å². The smallest absolute Gasteiger partial charge is 0.175 e. The molecular weight excluding hydrogens is 328 g/mol. The minimum absolute atomic E-state index is 0.0105. The Morgan fingerprint density at radius 2 is 1.89 bits per heavy atom. The lowest BCUT2D eigenvalue weighted by Crippen LogP contribution is -2.07. The zero-order chi connectivity index (χ0) is 13.8. The zero-order valence-corrected chi connectivity index (χ0v) is 13.0. The Hall–Kier alpha value is -1.33. The summed E-state index contributed by atoms with van der Waals surface area (Å²) < 4.78 is 11.5. The molecule has 0 aliphatic rings. The summed E-state index contributed by atoms with van der Waals surface area (Å²) >= 11 is 4.93. The van der Waals surface area contributed by atoms with Crippen molar-refractivity contribution in [3.8, 4) is 11.5 Å². The molecule has 0 N–H and O–H groups in total. The number of thiophene rings is 1. The lowest BCUT2D eigenvalue weighted by atomic mass is 10.1. The normalized spacial score (nSPS) is 10.3. The van der Waals surface area contributed by atoms with Crippen LogP contribution in [0.15, 0.2) is 34.1 Å². The molecule has 0 aliphatic heterocycles. The molecule has 0 amide bonds. The molecule has 1 aromatic carbocycles. The molecule has 0 unspecified atom stereocenters. The SMILES string of the molecule is COc1cccc(OC)c1C(=O)Cc1cc(Br)cs1. The van der Waals surface area contributed by atoms with Gasteiger partial charge in [-0.2, -0.15) is 0 Å². The van der Waals surface area contributed by atoms with E-state index in [-0.39, 0.29) is 5.78 Å². The van der Waals surface area contributed by atoms with E-state index in [9.17, 15) is 4.79 Å². The molecule has 3 nitrogen and oxygen atoms in total. The number of Topliss-reactive ketones (excluding diaryl/α,β-unsaturated/α-hetero) is 1. The van der Waals surface area contributed by atoms with Gasteiger partial charge in [-0.3, -0.25) is 4.79 Å². The average Bonchev–Trinajstić information content (AvgIpc) is 2.82. The molecule has 0 aliphatic carbocycles. The molecule has 0 spiro atoms. The maximum atomic E-state index is 12.4. The molecule has 2 rings (SSSR count). The predicted molar refractivity (Wildman–Crippen MR) is 79.6 cm³/mol. The molecule has 100 valence electrons. The molecule has 0 saturated heterocycles. The lowest BCUT2D eigenvalue weighted by molar-refractivity contribution is 0.0988. The van der Waals surface area contributed by atoms with Gasteiger partial charge in [0.15, 0.2) is 5.78 Å². The first-order valence-corrected chi connectivity index (χ1v) is 7.30. The summed E-state index contributed by atoms with van der Waals surface area (Å²) in [4.78, 5) is 13.4. The summed E-state index contributed by atoms with van der Waals surface area (Å²) in [5.74, 6) is 1.07. The minimum atomic E-state index is -0.0105. The van der Waals surface area contributed by atoms with Gasteiger partial charge in [0.1, 0.15) is 17.1 Å². The number of carbonyl (C=O) groups is 1. The van der Waals surface area contributed by atoms with Crippen molar-refractivity contribution in [3.63, 3.8) is 0 Å². The molecule has 0 fully saturated rings. The molecule has 0 radical (unpaired) electrons. The van der Waals surface area contributed by atoms with E-state index in [0.717, 1.165) is 9.35 Å². The van der Waals surface area contributed by atoms with E-state index in [4.69, 9.17) is 9.47 Å². The Morgan fingerprint density at radius 1 is 1.26 bits per heavy atom. The van der Waals surface area contributed by atoms with E-state index >= 15 is 0 Å². The highest BCUT2D eigenvalue weighted by Gasteiger charge is 2.18. The number of hydrogen-bond donors (Lipinski definition) is 0. The van der Waals surface area contributed by atoms with Gasteiger partial charge < -0.3 is 9.47 Å². The van der Waals surface area contributed by atoms with E-state index in [1.807, 2.05) is 11.4 Å². The number of ether oxygens (including phenoxy) is 2. The second-order valence-corrected chi connectivity index (χ2v) is 5.78. The van der Waals surface area contributed by atoms with Crippen molar-refractivity contribution in [3.05, 3.63) is 44.6 Å². The standard InChI is InChI=1S/C14H13BrO3S/c1-17-12-4-3-5-13(18-2)14(12)11(16)7-10-6-9(15)8-19-10/h3-6,8H,7H2,1-2H3. The molecule has 5 heteroatoms. The highest BCUT2D eigenvalue weighted by molar-refractivity contribution is 9.10. The third kappa shape index (κ3) is 3.16. The van der Waals surface area contributed by atoms with E-state index in [2.05, 4.69) is 15.9 Å². The van der Waals surface area contributed by atoms with Crippen molar-refractivity contribution in [1.29, 1.82) is 0 Å². The molecule has 0 atom stereocenters. The topological polar surface area (TPSA) is 35.5 Å². The number of carbonyl (C=O) groups excluding carboxylic acids is 1. The molecule has 2 aromatic rings. The summed E-state index contributed by atoms with van der Waals surface area (Å²) in [6, 6.07) is 7.28. The van der Waals surface area contributed by atoms with Crippen LogP contribution in [-0.2, 0) is 6.42 Å². The number of hydrogen-bond acceptors (Lipinski definition) is 4. The number of benzene rings is 1. The number of ketones is 1. The molecule has 1 heterocycles. The van der Waals surface area contributed by atoms with E-state index in [1.54, 1.807) is 43.8 Å². The van der Waals surface area contributed by atoms with Crippen LogP contribution in [0.2, 0.25) is 0 Å². The fraction of sp³-hybridized carbons (Fsp3) is 0.214. The van der Waals surface area contributed by atoms with Crippen molar-refractivity contribution in [1.82, 2.24) is 0 Å². The molecule has 1 aromatic heterocycles. The Labute approximate surface area is 124 Å². The van der Waals surface area contributed by atoms with Crippen molar-refractivity contribution in [2.75, 3.05) is 14.2 Å². The van der Waals surface area contributed by atoms with Crippen molar-refractivity contribution in [2.24, 2.45) is 0 Å². The van der Waals surface area contributed by atoms with E-state index < -0.39 is 0 Å². The van der Waals surface area contributed by atoms with Crippen LogP contribution in [0.5, 0.6) is 11.5 Å². The summed E-state index contributed by atoms with van der Waals surface area (Å²) in [7, 11) is 3.10. The summed E-state index contributed by atoms with van der Waals surface area (Å²) in [6.45, 7) is 0. The summed E-state index contributed by atoms with van der Waals surface area (Å²) in [5, 5.41) is 1.96. The highest BCUT2D eigenvalue weighted by Crippen LogP contribution is 2.30. The molecule has 19 heavy (non-hydrogen) atoms. The monoisotopic (exact) mass is 340 g/mol. The Bertz CT molecular complexity index is 570. The van der Waals surface area contributed by atoms with Gasteiger partial charge in [-0.25, -0.2) is 0 Å². The van der Waals surface area contributed by atoms with Gasteiger partial charge in [0.2, 0.25) is 0 Å². The van der Waals surface area contributed by atoms with Gasteiger partial charge >= 0.3 is 0 Å². The number of rotatable bonds is 5. The maximum absolute atomic E-state index is 12.4. The Kier molecular flexibility index (Phi) is 4.61. The van der Waals surface area contributed by atoms with Crippen LogP contribution in [0.1, 0.15) is 15.2 Å². The minimum Gasteiger partial charge on any atom is -0.496 e. The third-order valence-electron chi connectivity index (χ3n) is 2.66. The van der Waals surface area contributed by atoms with Crippen LogP contribution in [0.25, 0.3) is 0 Å². The van der Waals surface area contributed by atoms with E-state index in [0.29, 0.717) is 23.5 Å². The van der Waals surface area contributed by atoms with Crippen LogP contribution in [0.3, 0.4) is 0 Å². The van der Waals surface area contributed by atoms with Gasteiger partial charge in [-0.15, -0.1) is 11.3 Å². The van der Waals surface area contributed by atoms with Gasteiger partial charge in [0.25, 0.3) is 0 Å². The second-order valence-electron chi connectivity index (χ2n) is 3.87. The van der Waals surface area contributed by atoms with Gasteiger partial charge in [-0.1, -0.05) is 6.07 Å². The number of halogens is 1. The largest absolute Gasteiger partial charge is 0.496 e.